The quantitative estimate of drug-likeness (QED) is 0.199. The van der Waals surface area contributed by atoms with Crippen LogP contribution in [0, 0.1) is 5.92 Å². The number of benzene rings is 3. The summed E-state index contributed by atoms with van der Waals surface area (Å²) in [4.78, 5) is 40.0. The second-order valence-electron chi connectivity index (χ2n) is 12.9. The van der Waals surface area contributed by atoms with Gasteiger partial charge in [-0.1, -0.05) is 12.1 Å². The molecule has 1 aliphatic carbocycles. The van der Waals surface area contributed by atoms with Crippen molar-refractivity contribution < 1.29 is 28.5 Å². The lowest BCUT2D eigenvalue weighted by Gasteiger charge is -2.19. The van der Waals surface area contributed by atoms with Gasteiger partial charge in [0.25, 0.3) is 11.8 Å². The van der Waals surface area contributed by atoms with E-state index in [1.807, 2.05) is 49.1 Å². The summed E-state index contributed by atoms with van der Waals surface area (Å²) in [5.74, 6) is 2.29. The summed E-state index contributed by atoms with van der Waals surface area (Å²) in [6.45, 7) is 0.656. The molecule has 5 aliphatic rings. The molecular weight excluding hydrogens is 622 g/mol. The highest BCUT2D eigenvalue weighted by Gasteiger charge is 2.38. The van der Waals surface area contributed by atoms with E-state index in [9.17, 15) is 9.59 Å². The summed E-state index contributed by atoms with van der Waals surface area (Å²) in [6, 6.07) is 14.3. The Kier molecular flexibility index (Phi) is 7.82. The zero-order valence-electron chi connectivity index (χ0n) is 27.4. The summed E-state index contributed by atoms with van der Waals surface area (Å²) < 4.78 is 23.4. The Morgan fingerprint density at radius 2 is 1.29 bits per heavy atom. The van der Waals surface area contributed by atoms with Crippen LogP contribution in [0.4, 0.5) is 17.1 Å². The largest absolute Gasteiger partial charge is 0.493 e. The fourth-order valence-electron chi connectivity index (χ4n) is 6.82. The number of aliphatic imine (C=N–C) groups is 2. The minimum absolute atomic E-state index is 0.0565. The van der Waals surface area contributed by atoms with Crippen molar-refractivity contribution in [3.63, 3.8) is 0 Å². The van der Waals surface area contributed by atoms with Gasteiger partial charge in [-0.2, -0.15) is 0 Å². The summed E-state index contributed by atoms with van der Waals surface area (Å²) in [6.07, 6.45) is 12.0. The van der Waals surface area contributed by atoms with Crippen LogP contribution >= 0.6 is 0 Å². The number of methoxy groups -OCH3 is 2. The molecule has 1 unspecified atom stereocenters. The standard InChI is InChI=1S/C38H37N5O6/c1-46-33-14-29-31(40-18-27-12-24(22-4-5-22)20-42(27)37(29)44)16-35(33)48-10-3-11-49-36-17-32-30(15-34(36)47-2)38(45)43-21-25(13-28(43)19-41-32)23-6-8-26(39)9-7-23/h6-9,14-22,27-28H,3-5,10-13,39H2,1-2H3/t27?,28-/m0/s1. The SMILES string of the molecule is COc1cc2c(cc1OCCCOc1cc3c(cc1OC)C(=O)N1C=C(c4ccc(N)cc4)C[C@H]1C=N3)N=CC1CC(C3CC3)=CN1C2=O. The van der Waals surface area contributed by atoms with Gasteiger partial charge >= 0.3 is 0 Å². The Balaban J connectivity index is 0.916. The fourth-order valence-corrected chi connectivity index (χ4v) is 6.82. The summed E-state index contributed by atoms with van der Waals surface area (Å²) in [5, 5.41) is 0. The van der Waals surface area contributed by atoms with E-state index in [1.54, 1.807) is 48.3 Å². The average molecular weight is 660 g/mol. The number of amides is 2. The number of rotatable bonds is 10. The Labute approximate surface area is 284 Å². The molecule has 11 nitrogen and oxygen atoms in total. The molecule has 0 spiro atoms. The molecule has 4 heterocycles. The van der Waals surface area contributed by atoms with E-state index in [4.69, 9.17) is 24.7 Å². The van der Waals surface area contributed by atoms with Crippen molar-refractivity contribution in [2.75, 3.05) is 33.2 Å². The molecule has 0 aromatic heterocycles. The molecule has 49 heavy (non-hydrogen) atoms. The van der Waals surface area contributed by atoms with Crippen LogP contribution < -0.4 is 24.7 Å². The van der Waals surface area contributed by atoms with Crippen LogP contribution in [-0.2, 0) is 0 Å². The normalized spacial score (nSPS) is 20.4. The van der Waals surface area contributed by atoms with E-state index in [0.29, 0.717) is 83.2 Å². The van der Waals surface area contributed by atoms with Crippen LogP contribution in [0.5, 0.6) is 23.0 Å². The molecule has 8 rings (SSSR count). The van der Waals surface area contributed by atoms with E-state index in [0.717, 1.165) is 17.6 Å². The van der Waals surface area contributed by atoms with Gasteiger partial charge in [-0.3, -0.25) is 19.6 Å². The van der Waals surface area contributed by atoms with Gasteiger partial charge in [0.2, 0.25) is 0 Å². The number of anilines is 1. The lowest BCUT2D eigenvalue weighted by Crippen LogP contribution is -2.32. The molecule has 0 radical (unpaired) electrons. The van der Waals surface area contributed by atoms with Crippen molar-refractivity contribution in [3.05, 3.63) is 83.2 Å². The van der Waals surface area contributed by atoms with E-state index in [2.05, 4.69) is 9.98 Å². The second kappa shape index (κ2) is 12.5. The van der Waals surface area contributed by atoms with Crippen molar-refractivity contribution in [1.82, 2.24) is 9.80 Å². The maximum Gasteiger partial charge on any atom is 0.260 e. The molecule has 0 bridgehead atoms. The number of fused-ring (bicyclic) bond motifs is 4. The molecule has 250 valence electrons. The molecule has 11 heteroatoms. The maximum absolute atomic E-state index is 13.7. The number of ether oxygens (including phenoxy) is 4. The highest BCUT2D eigenvalue weighted by atomic mass is 16.5. The van der Waals surface area contributed by atoms with Gasteiger partial charge in [0.15, 0.2) is 23.0 Å². The average Bonchev–Trinajstić information content (AvgIpc) is 3.79. The zero-order valence-corrected chi connectivity index (χ0v) is 27.4. The number of carbonyl (C=O) groups is 2. The van der Waals surface area contributed by atoms with Gasteiger partial charge < -0.3 is 34.5 Å². The van der Waals surface area contributed by atoms with Gasteiger partial charge in [-0.05, 0) is 66.2 Å². The van der Waals surface area contributed by atoms with Gasteiger partial charge in [0.1, 0.15) is 0 Å². The summed E-state index contributed by atoms with van der Waals surface area (Å²) >= 11 is 0. The molecule has 3 aromatic carbocycles. The molecule has 1 saturated carbocycles. The molecular formula is C38H37N5O6. The van der Waals surface area contributed by atoms with E-state index < -0.39 is 0 Å². The first-order valence-corrected chi connectivity index (χ1v) is 16.6. The van der Waals surface area contributed by atoms with Crippen molar-refractivity contribution in [2.24, 2.45) is 15.9 Å². The van der Waals surface area contributed by atoms with Gasteiger partial charge in [-0.25, -0.2) is 0 Å². The predicted molar refractivity (Wildman–Crippen MR) is 187 cm³/mol. The monoisotopic (exact) mass is 659 g/mol. The molecule has 2 atom stereocenters. The van der Waals surface area contributed by atoms with Crippen molar-refractivity contribution >= 4 is 46.9 Å². The summed E-state index contributed by atoms with van der Waals surface area (Å²) in [7, 11) is 3.10. The molecule has 2 amide bonds. The van der Waals surface area contributed by atoms with Crippen molar-refractivity contribution in [1.29, 1.82) is 0 Å². The highest BCUT2D eigenvalue weighted by molar-refractivity contribution is 6.06. The highest BCUT2D eigenvalue weighted by Crippen LogP contribution is 2.44. The predicted octanol–water partition coefficient (Wildman–Crippen LogP) is 6.33. The first kappa shape index (κ1) is 30.7. The number of carbonyl (C=O) groups excluding carboxylic acids is 2. The Morgan fingerprint density at radius 1 is 0.735 bits per heavy atom. The van der Waals surface area contributed by atoms with Crippen LogP contribution in [0.15, 0.2) is 76.5 Å². The Hall–Kier alpha value is -5.58. The number of nitrogen functional groups attached to an aromatic ring is 1. The lowest BCUT2D eigenvalue weighted by molar-refractivity contribution is 0.0809. The van der Waals surface area contributed by atoms with Crippen LogP contribution in [-0.4, -0.2) is 73.6 Å². The number of nitrogens with two attached hydrogens (primary N) is 1. The third-order valence-corrected chi connectivity index (χ3v) is 9.64. The smallest absolute Gasteiger partial charge is 0.260 e. The van der Waals surface area contributed by atoms with E-state index in [1.165, 1.54) is 18.4 Å². The van der Waals surface area contributed by atoms with Gasteiger partial charge in [0.05, 0.1) is 62.0 Å². The van der Waals surface area contributed by atoms with Crippen molar-refractivity contribution in [3.8, 4) is 23.0 Å². The first-order valence-electron chi connectivity index (χ1n) is 16.6. The van der Waals surface area contributed by atoms with Crippen molar-refractivity contribution in [2.45, 2.75) is 44.2 Å². The van der Waals surface area contributed by atoms with Crippen LogP contribution in [0.25, 0.3) is 5.57 Å². The minimum Gasteiger partial charge on any atom is -0.493 e. The van der Waals surface area contributed by atoms with Gasteiger partial charge in [0, 0.05) is 55.5 Å². The minimum atomic E-state index is -0.192. The maximum atomic E-state index is 13.7. The molecule has 3 aromatic rings. The Bertz CT molecular complexity index is 1960. The third kappa shape index (κ3) is 5.79. The topological polar surface area (TPSA) is 128 Å². The van der Waals surface area contributed by atoms with Gasteiger partial charge in [-0.15, -0.1) is 0 Å². The van der Waals surface area contributed by atoms with Crippen LogP contribution in [0.3, 0.4) is 0 Å². The molecule has 1 fully saturated rings. The zero-order chi connectivity index (χ0) is 33.6. The number of hydrogen-bond acceptors (Lipinski definition) is 9. The van der Waals surface area contributed by atoms with Crippen LogP contribution in [0.1, 0.15) is 58.4 Å². The second-order valence-corrected chi connectivity index (χ2v) is 12.9. The van der Waals surface area contributed by atoms with Crippen LogP contribution in [0.2, 0.25) is 0 Å². The fraction of sp³-hybridized carbons (Fsp3) is 0.316. The Morgan fingerprint density at radius 3 is 1.84 bits per heavy atom. The molecule has 2 N–H and O–H groups in total. The van der Waals surface area contributed by atoms with E-state index >= 15 is 0 Å². The lowest BCUT2D eigenvalue weighted by atomic mass is 10.0. The first-order chi connectivity index (χ1) is 23.9. The van der Waals surface area contributed by atoms with E-state index in [-0.39, 0.29) is 23.9 Å². The number of nitrogens with zero attached hydrogens (tertiary/aromatic N) is 4. The third-order valence-electron chi connectivity index (χ3n) is 9.64. The summed E-state index contributed by atoms with van der Waals surface area (Å²) in [5.41, 5.74) is 12.0. The molecule has 0 saturated heterocycles. The number of hydrogen-bond donors (Lipinski definition) is 1. The molecule has 4 aliphatic heterocycles.